The van der Waals surface area contributed by atoms with Crippen molar-refractivity contribution in [3.63, 3.8) is 0 Å². The van der Waals surface area contributed by atoms with Crippen LogP contribution in [0.2, 0.25) is 0 Å². The number of benzene rings is 1. The van der Waals surface area contributed by atoms with Gasteiger partial charge in [0.15, 0.2) is 0 Å². The molecule has 5 nitrogen and oxygen atoms in total. The van der Waals surface area contributed by atoms with Gasteiger partial charge in [0.1, 0.15) is 11.9 Å². The standard InChI is InChI=1S/C10H13NO4/c1-14-10(13)6-9(15-11)7-3-2-4-8(12)5-7/h2-5,9,12H,6,11H2,1H3. The molecule has 15 heavy (non-hydrogen) atoms. The van der Waals surface area contributed by atoms with E-state index in [9.17, 15) is 9.90 Å². The molecular weight excluding hydrogens is 198 g/mol. The normalized spacial score (nSPS) is 12.1. The smallest absolute Gasteiger partial charge is 0.308 e. The second-order valence-electron chi connectivity index (χ2n) is 3.00. The van der Waals surface area contributed by atoms with Gasteiger partial charge in [-0.05, 0) is 17.7 Å². The minimum Gasteiger partial charge on any atom is -0.508 e. The monoisotopic (exact) mass is 211 g/mol. The van der Waals surface area contributed by atoms with Crippen molar-refractivity contribution in [3.05, 3.63) is 29.8 Å². The molecule has 0 saturated carbocycles. The molecule has 5 heteroatoms. The van der Waals surface area contributed by atoms with Gasteiger partial charge < -0.3 is 9.84 Å². The third-order valence-electron chi connectivity index (χ3n) is 1.99. The van der Waals surface area contributed by atoms with Gasteiger partial charge in [-0.25, -0.2) is 5.90 Å². The fourth-order valence-corrected chi connectivity index (χ4v) is 1.20. The van der Waals surface area contributed by atoms with Crippen molar-refractivity contribution in [2.75, 3.05) is 7.11 Å². The van der Waals surface area contributed by atoms with E-state index in [1.54, 1.807) is 12.1 Å². The second kappa shape index (κ2) is 5.33. The SMILES string of the molecule is COC(=O)CC(ON)c1cccc(O)c1. The maximum atomic E-state index is 11.0. The highest BCUT2D eigenvalue weighted by atomic mass is 16.6. The lowest BCUT2D eigenvalue weighted by molar-refractivity contribution is -0.144. The van der Waals surface area contributed by atoms with Gasteiger partial charge in [-0.3, -0.25) is 9.63 Å². The molecule has 0 aliphatic rings. The van der Waals surface area contributed by atoms with Crippen LogP contribution < -0.4 is 5.90 Å². The average Bonchev–Trinajstić information content (AvgIpc) is 2.25. The third kappa shape index (κ3) is 3.23. The Morgan fingerprint density at radius 2 is 2.33 bits per heavy atom. The van der Waals surface area contributed by atoms with Gasteiger partial charge >= 0.3 is 5.97 Å². The second-order valence-corrected chi connectivity index (χ2v) is 3.00. The first kappa shape index (κ1) is 11.5. The molecule has 0 amide bonds. The molecule has 1 aromatic rings. The molecule has 1 unspecified atom stereocenters. The highest BCUT2D eigenvalue weighted by Gasteiger charge is 2.16. The lowest BCUT2D eigenvalue weighted by atomic mass is 10.1. The first-order chi connectivity index (χ1) is 7.17. The lowest BCUT2D eigenvalue weighted by Gasteiger charge is -2.13. The maximum Gasteiger partial charge on any atom is 0.308 e. The molecule has 0 radical (unpaired) electrons. The van der Waals surface area contributed by atoms with Crippen LogP contribution in [-0.4, -0.2) is 18.2 Å². The Bertz CT molecular complexity index is 340. The first-order valence-corrected chi connectivity index (χ1v) is 4.38. The first-order valence-electron chi connectivity index (χ1n) is 4.38. The number of phenolic OH excluding ortho intramolecular Hbond substituents is 1. The lowest BCUT2D eigenvalue weighted by Crippen LogP contribution is -2.14. The van der Waals surface area contributed by atoms with E-state index < -0.39 is 12.1 Å². The quantitative estimate of drug-likeness (QED) is 0.570. The summed E-state index contributed by atoms with van der Waals surface area (Å²) in [6, 6.07) is 6.36. The Hall–Kier alpha value is -1.59. The van der Waals surface area contributed by atoms with Gasteiger partial charge in [0.2, 0.25) is 0 Å². The summed E-state index contributed by atoms with van der Waals surface area (Å²) >= 11 is 0. The van der Waals surface area contributed by atoms with Crippen LogP contribution in [0.3, 0.4) is 0 Å². The molecule has 82 valence electrons. The summed E-state index contributed by atoms with van der Waals surface area (Å²) < 4.78 is 4.50. The number of methoxy groups -OCH3 is 1. The van der Waals surface area contributed by atoms with E-state index in [2.05, 4.69) is 9.57 Å². The Labute approximate surface area is 87.4 Å². The van der Waals surface area contributed by atoms with Crippen LogP contribution in [0, 0.1) is 0 Å². The van der Waals surface area contributed by atoms with E-state index in [0.717, 1.165) is 0 Å². The van der Waals surface area contributed by atoms with Gasteiger partial charge in [-0.15, -0.1) is 0 Å². The Morgan fingerprint density at radius 1 is 1.60 bits per heavy atom. The Morgan fingerprint density at radius 3 is 2.87 bits per heavy atom. The van der Waals surface area contributed by atoms with Gasteiger partial charge in [0.25, 0.3) is 0 Å². The number of phenols is 1. The van der Waals surface area contributed by atoms with Crippen LogP contribution in [0.4, 0.5) is 0 Å². The van der Waals surface area contributed by atoms with Crippen molar-refractivity contribution in [3.8, 4) is 5.75 Å². The number of aromatic hydroxyl groups is 1. The zero-order valence-corrected chi connectivity index (χ0v) is 8.34. The van der Waals surface area contributed by atoms with E-state index in [4.69, 9.17) is 5.90 Å². The van der Waals surface area contributed by atoms with Crippen LogP contribution in [-0.2, 0) is 14.4 Å². The summed E-state index contributed by atoms with van der Waals surface area (Å²) in [5.41, 5.74) is 0.628. The molecule has 1 aromatic carbocycles. The van der Waals surface area contributed by atoms with Crippen molar-refractivity contribution in [2.45, 2.75) is 12.5 Å². The average molecular weight is 211 g/mol. The fourth-order valence-electron chi connectivity index (χ4n) is 1.20. The molecular formula is C10H13NO4. The molecule has 3 N–H and O–H groups in total. The van der Waals surface area contributed by atoms with E-state index in [1.165, 1.54) is 19.2 Å². The zero-order chi connectivity index (χ0) is 11.3. The van der Waals surface area contributed by atoms with E-state index in [-0.39, 0.29) is 12.2 Å². The third-order valence-corrected chi connectivity index (χ3v) is 1.99. The molecule has 0 spiro atoms. The van der Waals surface area contributed by atoms with Gasteiger partial charge in [0.05, 0.1) is 13.5 Å². The van der Waals surface area contributed by atoms with Crippen LogP contribution in [0.1, 0.15) is 18.1 Å². The predicted molar refractivity (Wildman–Crippen MR) is 52.8 cm³/mol. The van der Waals surface area contributed by atoms with Crippen LogP contribution in [0.25, 0.3) is 0 Å². The minimum atomic E-state index is -0.607. The largest absolute Gasteiger partial charge is 0.508 e. The van der Waals surface area contributed by atoms with Gasteiger partial charge in [0, 0.05) is 0 Å². The van der Waals surface area contributed by atoms with E-state index in [0.29, 0.717) is 5.56 Å². The molecule has 1 atom stereocenters. The topological polar surface area (TPSA) is 81.8 Å². The molecule has 0 bridgehead atoms. The molecule has 0 fully saturated rings. The van der Waals surface area contributed by atoms with Crippen LogP contribution >= 0.6 is 0 Å². The van der Waals surface area contributed by atoms with Crippen LogP contribution in [0.15, 0.2) is 24.3 Å². The van der Waals surface area contributed by atoms with E-state index >= 15 is 0 Å². The number of hydrogen-bond acceptors (Lipinski definition) is 5. The Kier molecular flexibility index (Phi) is 4.08. The van der Waals surface area contributed by atoms with Crippen molar-refractivity contribution in [1.82, 2.24) is 0 Å². The molecule has 0 aliphatic heterocycles. The number of carbonyl (C=O) groups excluding carboxylic acids is 1. The maximum absolute atomic E-state index is 11.0. The number of ether oxygens (including phenoxy) is 1. The summed E-state index contributed by atoms with van der Waals surface area (Å²) in [7, 11) is 1.29. The summed E-state index contributed by atoms with van der Waals surface area (Å²) in [4.78, 5) is 15.7. The highest BCUT2D eigenvalue weighted by molar-refractivity contribution is 5.70. The Balaban J connectivity index is 2.78. The van der Waals surface area contributed by atoms with E-state index in [1.807, 2.05) is 0 Å². The van der Waals surface area contributed by atoms with Crippen molar-refractivity contribution >= 4 is 5.97 Å². The fraction of sp³-hybridized carbons (Fsp3) is 0.300. The van der Waals surface area contributed by atoms with Crippen molar-refractivity contribution in [2.24, 2.45) is 5.90 Å². The van der Waals surface area contributed by atoms with Crippen LogP contribution in [0.5, 0.6) is 5.75 Å². The molecule has 0 saturated heterocycles. The van der Waals surface area contributed by atoms with Crippen molar-refractivity contribution in [1.29, 1.82) is 0 Å². The van der Waals surface area contributed by atoms with Crippen molar-refractivity contribution < 1.29 is 19.5 Å². The highest BCUT2D eigenvalue weighted by Crippen LogP contribution is 2.23. The zero-order valence-electron chi connectivity index (χ0n) is 8.34. The number of esters is 1. The predicted octanol–water partition coefficient (Wildman–Crippen LogP) is 0.887. The summed E-state index contributed by atoms with van der Waals surface area (Å²) in [5.74, 6) is 4.74. The number of nitrogens with two attached hydrogens (primary N) is 1. The van der Waals surface area contributed by atoms with Gasteiger partial charge in [-0.1, -0.05) is 12.1 Å². The summed E-state index contributed by atoms with van der Waals surface area (Å²) in [5, 5.41) is 9.24. The minimum absolute atomic E-state index is 0.0104. The molecule has 1 rings (SSSR count). The van der Waals surface area contributed by atoms with Gasteiger partial charge in [-0.2, -0.15) is 0 Å². The molecule has 0 heterocycles. The molecule has 0 aliphatic carbocycles. The number of hydrogen-bond donors (Lipinski definition) is 2. The summed E-state index contributed by atoms with van der Waals surface area (Å²) in [6.07, 6.45) is -0.597. The number of rotatable bonds is 4. The number of carbonyl (C=O) groups is 1. The summed E-state index contributed by atoms with van der Waals surface area (Å²) in [6.45, 7) is 0. The molecule has 0 aromatic heterocycles.